The predicted octanol–water partition coefficient (Wildman–Crippen LogP) is 25.8. The predicted molar refractivity (Wildman–Crippen MR) is 521 cm³/mol. The van der Waals surface area contributed by atoms with E-state index in [-0.39, 0.29) is 5.91 Å². The van der Waals surface area contributed by atoms with Gasteiger partial charge < -0.3 is 51.0 Å². The standard InChI is InChI=1S/C72H184N2O11Si20/c1-71(2)72(75)73-49-48-51-74(3,4)50-46-47-52-87(8,9)77-89(12,13)55-56-91(16,17)79-93(20,21)59-60-95(24,25)81-97(28,29)63-64-99(32,33)83-101(36,37)67-68-103(40,41)85-105(44,45)70-69-104(42,43)84-102(38,39)66-65-100(34,35)82-98(30,31)62-61-96(26,27)80-94(22,23)58-57-92(18,19)78-90(14,15)54-53-88(10,11)76-86(5,6)7/h1,46-70H2,2-45H3/p+1. The second-order valence-electron chi connectivity index (χ2n) is 46.3. The molecule has 0 fully saturated rings. The second kappa shape index (κ2) is 41.2. The largest absolute Gasteiger partial charge is 0.456 e. The van der Waals surface area contributed by atoms with Crippen molar-refractivity contribution in [3.05, 3.63) is 12.2 Å². The van der Waals surface area contributed by atoms with Gasteiger partial charge in [-0.3, -0.25) is 4.79 Å². The Kier molecular flexibility index (Phi) is 42.4. The monoisotopic (exact) mass is 1810 g/mol. The van der Waals surface area contributed by atoms with E-state index in [2.05, 4.69) is 294 Å². The summed E-state index contributed by atoms with van der Waals surface area (Å²) >= 11 is 0. The van der Waals surface area contributed by atoms with Gasteiger partial charge in [-0.2, -0.15) is 0 Å². The Hall–Kier alpha value is 3.11. The number of carbonyl (C=O) groups is 1. The third-order valence-electron chi connectivity index (χ3n) is 20.9. The molecule has 0 unspecified atom stereocenters. The van der Waals surface area contributed by atoms with Crippen LogP contribution >= 0.6 is 0 Å². The Morgan fingerprint density at radius 1 is 0.238 bits per heavy atom. The molecule has 105 heavy (non-hydrogen) atoms. The number of quaternary nitrogens is 1. The fraction of sp³-hybridized carbons (Fsp3) is 0.958. The Morgan fingerprint density at radius 3 is 0.533 bits per heavy atom. The Bertz CT molecular complexity index is 2630. The molecular formula is C72H185N2O11Si20+. The van der Waals surface area contributed by atoms with E-state index in [1.807, 2.05) is 0 Å². The van der Waals surface area contributed by atoms with Gasteiger partial charge in [-0.15, -0.1) is 0 Å². The molecule has 33 heteroatoms. The molecule has 0 heterocycles. The maximum absolute atomic E-state index is 11.9. The van der Waals surface area contributed by atoms with Gasteiger partial charge in [0.15, 0.2) is 166 Å². The lowest BCUT2D eigenvalue weighted by Gasteiger charge is -2.41. The summed E-state index contributed by atoms with van der Waals surface area (Å²) in [5, 5.41) is 2.98. The fourth-order valence-corrected chi connectivity index (χ4v) is 129. The topological polar surface area (TPSA) is 121 Å². The number of carbonyl (C=O) groups excluding carboxylic acids is 1. The van der Waals surface area contributed by atoms with Gasteiger partial charge in [0.2, 0.25) is 5.91 Å². The van der Waals surface area contributed by atoms with Crippen LogP contribution in [0.3, 0.4) is 0 Å². The van der Waals surface area contributed by atoms with Gasteiger partial charge in [0.25, 0.3) is 0 Å². The van der Waals surface area contributed by atoms with Crippen molar-refractivity contribution in [3.8, 4) is 0 Å². The van der Waals surface area contributed by atoms with E-state index in [4.69, 9.17) is 41.2 Å². The maximum Gasteiger partial charge on any atom is 0.246 e. The van der Waals surface area contributed by atoms with Crippen molar-refractivity contribution in [2.24, 2.45) is 0 Å². The highest BCUT2D eigenvalue weighted by molar-refractivity contribution is 6.94. The molecular weight excluding hydrogens is 1630 g/mol. The van der Waals surface area contributed by atoms with Gasteiger partial charge in [-0.05, 0) is 403 Å². The smallest absolute Gasteiger partial charge is 0.246 e. The lowest BCUT2D eigenvalue weighted by atomic mass is 10.2. The Balaban J connectivity index is 5.30. The molecule has 0 aliphatic heterocycles. The van der Waals surface area contributed by atoms with Crippen LogP contribution in [0.2, 0.25) is 383 Å². The summed E-state index contributed by atoms with van der Waals surface area (Å²) in [6.45, 7) is 109. The first kappa shape index (κ1) is 108. The van der Waals surface area contributed by atoms with Crippen molar-refractivity contribution in [2.75, 3.05) is 33.7 Å². The number of unbranched alkanes of at least 4 members (excludes halogenated alkanes) is 1. The fourth-order valence-electron chi connectivity index (χ4n) is 16.0. The van der Waals surface area contributed by atoms with Crippen molar-refractivity contribution in [2.45, 2.75) is 409 Å². The third kappa shape index (κ3) is 54.7. The quantitative estimate of drug-likeness (QED) is 0.0271. The lowest BCUT2D eigenvalue weighted by Crippen LogP contribution is -2.51. The van der Waals surface area contributed by atoms with Crippen molar-refractivity contribution in [3.63, 3.8) is 0 Å². The normalized spacial score (nSPS) is 15.3. The van der Waals surface area contributed by atoms with Crippen LogP contribution in [0.15, 0.2) is 12.2 Å². The first-order valence-corrected chi connectivity index (χ1v) is 104. The van der Waals surface area contributed by atoms with Crippen molar-refractivity contribution < 1.29 is 50.4 Å². The second-order valence-corrected chi connectivity index (χ2v) is 135. The SMILES string of the molecule is C=C(C)C(=O)NCCC[N+](C)(C)CCCC[Si](C)(C)O[Si](C)(C)CC[Si](C)(C)O[Si](C)(C)CC[Si](C)(C)O[Si](C)(C)CC[Si](C)(C)O[Si](C)(C)CC[Si](C)(C)O[Si](C)(C)CC[Si](C)(C)O[Si](C)(C)CC[Si](C)(C)O[Si](C)(C)CC[Si](C)(C)O[Si](C)(C)CC[Si](C)(C)O[Si](C)(C)CC[Si](C)(C)O[Si](C)(C)C. The minimum absolute atomic E-state index is 0.0380. The lowest BCUT2D eigenvalue weighted by molar-refractivity contribution is -0.890. The molecule has 0 saturated heterocycles. The molecule has 1 N–H and O–H groups in total. The average Bonchev–Trinajstić information content (AvgIpc) is 0.829. The van der Waals surface area contributed by atoms with E-state index in [1.54, 1.807) is 6.92 Å². The molecule has 0 aromatic rings. The molecule has 628 valence electrons. The van der Waals surface area contributed by atoms with Gasteiger partial charge in [0, 0.05) is 18.5 Å². The van der Waals surface area contributed by atoms with E-state index >= 15 is 0 Å². The van der Waals surface area contributed by atoms with Crippen LogP contribution < -0.4 is 5.32 Å². The highest BCUT2D eigenvalue weighted by Gasteiger charge is 2.47. The Labute approximate surface area is 677 Å². The minimum atomic E-state index is -1.94. The van der Waals surface area contributed by atoms with Crippen LogP contribution in [0.4, 0.5) is 0 Å². The average molecular weight is 1820 g/mol. The summed E-state index contributed by atoms with van der Waals surface area (Å²) in [6.07, 6.45) is 3.41. The van der Waals surface area contributed by atoms with Crippen molar-refractivity contribution in [1.29, 1.82) is 0 Å². The molecule has 0 aromatic carbocycles. The van der Waals surface area contributed by atoms with Crippen LogP contribution in [0.25, 0.3) is 0 Å². The highest BCUT2D eigenvalue weighted by Crippen LogP contribution is 2.39. The summed E-state index contributed by atoms with van der Waals surface area (Å²) < 4.78 is 73.8. The molecule has 0 aromatic heterocycles. The molecule has 0 aliphatic carbocycles. The molecule has 0 atom stereocenters. The first-order chi connectivity index (χ1) is 46.0. The van der Waals surface area contributed by atoms with Crippen molar-refractivity contribution >= 4 is 172 Å². The van der Waals surface area contributed by atoms with Gasteiger partial charge in [-0.1, -0.05) is 6.58 Å². The number of rotatable bonds is 57. The number of hydrogen-bond donors (Lipinski definition) is 1. The van der Waals surface area contributed by atoms with Gasteiger partial charge >= 0.3 is 0 Å². The van der Waals surface area contributed by atoms with Gasteiger partial charge in [0.1, 0.15) is 0 Å². The molecule has 13 nitrogen and oxygen atoms in total. The van der Waals surface area contributed by atoms with Crippen LogP contribution in [0.1, 0.15) is 26.2 Å². The van der Waals surface area contributed by atoms with Crippen LogP contribution in [-0.2, 0) is 45.9 Å². The zero-order chi connectivity index (χ0) is 83.1. The van der Waals surface area contributed by atoms with Gasteiger partial charge in [0.05, 0.1) is 27.2 Å². The summed E-state index contributed by atoms with van der Waals surface area (Å²) in [5.41, 5.74) is 0.574. The molecule has 0 aliphatic rings. The molecule has 0 rings (SSSR count). The van der Waals surface area contributed by atoms with E-state index < -0.39 is 166 Å². The zero-order valence-corrected chi connectivity index (χ0v) is 98.8. The number of nitrogens with zero attached hydrogens (tertiary/aromatic N) is 1. The molecule has 0 bridgehead atoms. The third-order valence-corrected chi connectivity index (χ3v) is 97.6. The van der Waals surface area contributed by atoms with Crippen LogP contribution in [-0.4, -0.2) is 210 Å². The van der Waals surface area contributed by atoms with E-state index in [0.29, 0.717) is 12.1 Å². The van der Waals surface area contributed by atoms with Gasteiger partial charge in [-0.25, -0.2) is 0 Å². The molecule has 0 saturated carbocycles. The summed E-state index contributed by atoms with van der Waals surface area (Å²) in [5.74, 6) is -0.0380. The summed E-state index contributed by atoms with van der Waals surface area (Å²) in [7, 11) is -32.8. The molecule has 1 amide bonds. The van der Waals surface area contributed by atoms with Crippen LogP contribution in [0.5, 0.6) is 0 Å². The minimum Gasteiger partial charge on any atom is -0.456 e. The first-order valence-electron chi connectivity index (χ1n) is 41.7. The zero-order valence-electron chi connectivity index (χ0n) is 78.8. The van der Waals surface area contributed by atoms with Crippen LogP contribution in [0, 0.1) is 0 Å². The molecule has 0 spiro atoms. The summed E-state index contributed by atoms with van der Waals surface area (Å²) in [4.78, 5) is 11.9. The van der Waals surface area contributed by atoms with Crippen molar-refractivity contribution in [1.82, 2.24) is 5.32 Å². The van der Waals surface area contributed by atoms with E-state index in [9.17, 15) is 4.79 Å². The number of hydrogen-bond acceptors (Lipinski definition) is 11. The van der Waals surface area contributed by atoms with E-state index in [1.165, 1.54) is 128 Å². The number of nitrogens with one attached hydrogen (secondary N) is 1. The van der Waals surface area contributed by atoms with E-state index in [0.717, 1.165) is 24.0 Å². The summed E-state index contributed by atoms with van der Waals surface area (Å²) in [6, 6.07) is 22.5. The number of amides is 1. The highest BCUT2D eigenvalue weighted by atomic mass is 28.5. The maximum atomic E-state index is 11.9. The Morgan fingerprint density at radius 2 is 0.381 bits per heavy atom. The molecule has 0 radical (unpaired) electrons.